The van der Waals surface area contributed by atoms with Crippen molar-refractivity contribution in [2.24, 2.45) is 5.92 Å². The van der Waals surface area contributed by atoms with Crippen LogP contribution in [0.4, 0.5) is 0 Å². The van der Waals surface area contributed by atoms with Crippen LogP contribution >= 0.6 is 0 Å². The Morgan fingerprint density at radius 3 is 2.71 bits per heavy atom. The van der Waals surface area contributed by atoms with E-state index in [4.69, 9.17) is 0 Å². The van der Waals surface area contributed by atoms with Gasteiger partial charge >= 0.3 is 5.97 Å². The quantitative estimate of drug-likeness (QED) is 0.805. The molecule has 0 bridgehead atoms. The van der Waals surface area contributed by atoms with Crippen molar-refractivity contribution < 1.29 is 9.90 Å². The molecule has 1 fully saturated rings. The summed E-state index contributed by atoms with van der Waals surface area (Å²) >= 11 is 0. The van der Waals surface area contributed by atoms with Crippen molar-refractivity contribution in [1.29, 1.82) is 0 Å². The standard InChI is InChI=1S/C17H22N2O2/c1-11-6-8-12(9-7-11)18-10-14-13-4-2-3-5-15(13)19-16(14)17(20)21/h2-5,11-12,18-19H,6-10H2,1H3,(H,20,21). The highest BCUT2D eigenvalue weighted by Crippen LogP contribution is 2.26. The van der Waals surface area contributed by atoms with Gasteiger partial charge in [0.25, 0.3) is 0 Å². The Kier molecular flexibility index (Phi) is 3.97. The summed E-state index contributed by atoms with van der Waals surface area (Å²) in [5.41, 5.74) is 2.08. The lowest BCUT2D eigenvalue weighted by Crippen LogP contribution is -2.32. The maximum Gasteiger partial charge on any atom is 0.352 e. The minimum Gasteiger partial charge on any atom is -0.477 e. The molecule has 0 aliphatic heterocycles. The number of H-pyrrole nitrogens is 1. The SMILES string of the molecule is CC1CCC(NCc2c(C(=O)O)[nH]c3ccccc23)CC1. The third kappa shape index (κ3) is 2.95. The van der Waals surface area contributed by atoms with Crippen molar-refractivity contribution >= 4 is 16.9 Å². The van der Waals surface area contributed by atoms with Crippen molar-refractivity contribution in [3.8, 4) is 0 Å². The van der Waals surface area contributed by atoms with Gasteiger partial charge in [0.15, 0.2) is 0 Å². The van der Waals surface area contributed by atoms with E-state index >= 15 is 0 Å². The normalized spacial score (nSPS) is 22.5. The van der Waals surface area contributed by atoms with Crippen LogP contribution in [0, 0.1) is 5.92 Å². The zero-order chi connectivity index (χ0) is 14.8. The van der Waals surface area contributed by atoms with Crippen LogP contribution in [-0.4, -0.2) is 22.1 Å². The zero-order valence-corrected chi connectivity index (χ0v) is 12.4. The Bertz CT molecular complexity index is 639. The molecule has 0 amide bonds. The minimum atomic E-state index is -0.889. The van der Waals surface area contributed by atoms with Gasteiger partial charge in [0.2, 0.25) is 0 Å². The van der Waals surface area contributed by atoms with E-state index in [9.17, 15) is 9.90 Å². The topological polar surface area (TPSA) is 65.1 Å². The fourth-order valence-electron chi connectivity index (χ4n) is 3.28. The van der Waals surface area contributed by atoms with E-state index in [0.717, 1.165) is 22.4 Å². The number of nitrogens with one attached hydrogen (secondary N) is 2. The number of carbonyl (C=O) groups is 1. The number of aromatic carboxylic acids is 1. The molecule has 3 N–H and O–H groups in total. The van der Waals surface area contributed by atoms with E-state index in [2.05, 4.69) is 17.2 Å². The predicted octanol–water partition coefficient (Wildman–Crippen LogP) is 3.53. The van der Waals surface area contributed by atoms with Gasteiger partial charge in [0.1, 0.15) is 5.69 Å². The fraction of sp³-hybridized carbons (Fsp3) is 0.471. The highest BCUT2D eigenvalue weighted by molar-refractivity contribution is 5.97. The number of fused-ring (bicyclic) bond motifs is 1. The Morgan fingerprint density at radius 2 is 2.00 bits per heavy atom. The molecule has 0 saturated heterocycles. The number of aromatic nitrogens is 1. The molecule has 3 rings (SSSR count). The number of carboxylic acid groups (broad SMARTS) is 1. The molecule has 21 heavy (non-hydrogen) atoms. The smallest absolute Gasteiger partial charge is 0.352 e. The lowest BCUT2D eigenvalue weighted by atomic mass is 9.87. The molecule has 0 radical (unpaired) electrons. The molecular formula is C17H22N2O2. The van der Waals surface area contributed by atoms with Crippen molar-refractivity contribution in [1.82, 2.24) is 10.3 Å². The fourth-order valence-corrected chi connectivity index (χ4v) is 3.28. The second-order valence-electron chi connectivity index (χ2n) is 6.17. The van der Waals surface area contributed by atoms with E-state index in [1.54, 1.807) is 0 Å². The van der Waals surface area contributed by atoms with Crippen LogP contribution in [0.15, 0.2) is 24.3 Å². The first-order chi connectivity index (χ1) is 10.1. The van der Waals surface area contributed by atoms with Gasteiger partial charge in [-0.2, -0.15) is 0 Å². The Labute approximate surface area is 124 Å². The molecule has 0 spiro atoms. The third-order valence-electron chi connectivity index (χ3n) is 4.61. The summed E-state index contributed by atoms with van der Waals surface area (Å²) in [7, 11) is 0. The first-order valence-electron chi connectivity index (χ1n) is 7.71. The molecule has 1 aliphatic carbocycles. The van der Waals surface area contributed by atoms with Crippen molar-refractivity contribution in [3.63, 3.8) is 0 Å². The Morgan fingerprint density at radius 1 is 1.29 bits per heavy atom. The highest BCUT2D eigenvalue weighted by Gasteiger charge is 2.20. The summed E-state index contributed by atoms with van der Waals surface area (Å²) in [5.74, 6) is -0.0639. The summed E-state index contributed by atoms with van der Waals surface area (Å²) in [6.45, 7) is 2.92. The number of aromatic amines is 1. The monoisotopic (exact) mass is 286 g/mol. The van der Waals surface area contributed by atoms with Gasteiger partial charge in [-0.3, -0.25) is 0 Å². The number of hydrogen-bond acceptors (Lipinski definition) is 2. The number of benzene rings is 1. The summed E-state index contributed by atoms with van der Waals surface area (Å²) in [6.07, 6.45) is 4.90. The van der Waals surface area contributed by atoms with Crippen LogP contribution in [0.1, 0.15) is 48.7 Å². The first kappa shape index (κ1) is 14.1. The summed E-state index contributed by atoms with van der Waals surface area (Å²) in [5, 5.41) is 13.9. The van der Waals surface area contributed by atoms with E-state index in [1.165, 1.54) is 25.7 Å². The average molecular weight is 286 g/mol. The maximum absolute atomic E-state index is 11.4. The number of carboxylic acids is 1. The molecule has 1 saturated carbocycles. The van der Waals surface area contributed by atoms with E-state index in [1.807, 2.05) is 24.3 Å². The Balaban J connectivity index is 1.79. The number of hydrogen-bond donors (Lipinski definition) is 3. The van der Waals surface area contributed by atoms with Gasteiger partial charge < -0.3 is 15.4 Å². The van der Waals surface area contributed by atoms with Crippen molar-refractivity contribution in [3.05, 3.63) is 35.5 Å². The van der Waals surface area contributed by atoms with Gasteiger partial charge in [-0.25, -0.2) is 4.79 Å². The van der Waals surface area contributed by atoms with Crippen LogP contribution in [0.25, 0.3) is 10.9 Å². The molecule has 2 aromatic rings. The lowest BCUT2D eigenvalue weighted by Gasteiger charge is -2.27. The second kappa shape index (κ2) is 5.90. The van der Waals surface area contributed by atoms with Gasteiger partial charge in [-0.1, -0.05) is 25.1 Å². The summed E-state index contributed by atoms with van der Waals surface area (Å²) in [6, 6.07) is 8.29. The molecule has 1 aliphatic rings. The molecule has 1 aromatic carbocycles. The molecule has 0 atom stereocenters. The van der Waals surface area contributed by atoms with Crippen LogP contribution in [-0.2, 0) is 6.54 Å². The molecule has 4 heteroatoms. The summed E-state index contributed by atoms with van der Waals surface area (Å²) < 4.78 is 0. The second-order valence-corrected chi connectivity index (χ2v) is 6.17. The van der Waals surface area contributed by atoms with Crippen LogP contribution in [0.2, 0.25) is 0 Å². The minimum absolute atomic E-state index is 0.313. The average Bonchev–Trinajstić information content (AvgIpc) is 2.86. The first-order valence-corrected chi connectivity index (χ1v) is 7.71. The lowest BCUT2D eigenvalue weighted by molar-refractivity contribution is 0.0690. The van der Waals surface area contributed by atoms with Crippen molar-refractivity contribution in [2.75, 3.05) is 0 Å². The maximum atomic E-state index is 11.4. The molecule has 1 aromatic heterocycles. The summed E-state index contributed by atoms with van der Waals surface area (Å²) in [4.78, 5) is 14.4. The van der Waals surface area contributed by atoms with Gasteiger partial charge in [-0.05, 0) is 37.7 Å². The van der Waals surface area contributed by atoms with Gasteiger partial charge in [0, 0.05) is 29.1 Å². The predicted molar refractivity (Wildman–Crippen MR) is 83.5 cm³/mol. The van der Waals surface area contributed by atoms with Crippen molar-refractivity contribution in [2.45, 2.75) is 45.2 Å². The Hall–Kier alpha value is -1.81. The van der Waals surface area contributed by atoms with Gasteiger partial charge in [-0.15, -0.1) is 0 Å². The van der Waals surface area contributed by atoms with E-state index < -0.39 is 5.97 Å². The highest BCUT2D eigenvalue weighted by atomic mass is 16.4. The number of rotatable bonds is 4. The van der Waals surface area contributed by atoms with E-state index in [0.29, 0.717) is 18.3 Å². The van der Waals surface area contributed by atoms with Crippen LogP contribution in [0.5, 0.6) is 0 Å². The number of para-hydroxylation sites is 1. The molecule has 0 unspecified atom stereocenters. The van der Waals surface area contributed by atoms with Crippen LogP contribution in [0.3, 0.4) is 0 Å². The largest absolute Gasteiger partial charge is 0.477 e. The molecule has 112 valence electrons. The third-order valence-corrected chi connectivity index (χ3v) is 4.61. The van der Waals surface area contributed by atoms with Crippen LogP contribution < -0.4 is 5.32 Å². The molecular weight excluding hydrogens is 264 g/mol. The zero-order valence-electron chi connectivity index (χ0n) is 12.4. The molecule has 1 heterocycles. The van der Waals surface area contributed by atoms with E-state index in [-0.39, 0.29) is 0 Å². The molecule has 4 nitrogen and oxygen atoms in total. The van der Waals surface area contributed by atoms with Gasteiger partial charge in [0.05, 0.1) is 0 Å².